The van der Waals surface area contributed by atoms with Crippen LogP contribution in [-0.4, -0.2) is 12.2 Å². The predicted molar refractivity (Wildman–Crippen MR) is 88.0 cm³/mol. The van der Waals surface area contributed by atoms with Gasteiger partial charge in [-0.2, -0.15) is 0 Å². The fourth-order valence-corrected chi connectivity index (χ4v) is 2.56. The first-order valence-electron chi connectivity index (χ1n) is 6.82. The third-order valence-electron chi connectivity index (χ3n) is 3.50. The van der Waals surface area contributed by atoms with E-state index in [1.165, 1.54) is 6.07 Å². The highest BCUT2D eigenvalue weighted by Crippen LogP contribution is 2.29. The number of rotatable bonds is 4. The van der Waals surface area contributed by atoms with E-state index in [2.05, 4.69) is 15.9 Å². The number of anilines is 1. The highest BCUT2D eigenvalue weighted by molar-refractivity contribution is 9.10. The average Bonchev–Trinajstić information content (AvgIpc) is 2.43. The molecule has 0 spiro atoms. The van der Waals surface area contributed by atoms with Crippen molar-refractivity contribution >= 4 is 21.6 Å². The van der Waals surface area contributed by atoms with Crippen LogP contribution in [0.1, 0.15) is 29.7 Å². The van der Waals surface area contributed by atoms with E-state index in [9.17, 15) is 9.50 Å². The quantitative estimate of drug-likeness (QED) is 0.870. The Balaban J connectivity index is 2.31. The Labute approximate surface area is 133 Å². The molecule has 0 bridgehead atoms. The lowest BCUT2D eigenvalue weighted by Gasteiger charge is -2.24. The molecule has 2 nitrogen and oxygen atoms in total. The summed E-state index contributed by atoms with van der Waals surface area (Å²) in [6, 6.07) is 11.3. The third kappa shape index (κ3) is 3.83. The van der Waals surface area contributed by atoms with Crippen molar-refractivity contribution in [3.8, 4) is 0 Å². The SMILES string of the molecule is Cc1cc(N(C)Cc2ccc(Br)cc2)c([C@H](C)O)cc1F. The topological polar surface area (TPSA) is 23.5 Å². The summed E-state index contributed by atoms with van der Waals surface area (Å²) in [6.07, 6.45) is -0.706. The van der Waals surface area contributed by atoms with E-state index in [1.54, 1.807) is 19.9 Å². The van der Waals surface area contributed by atoms with Gasteiger partial charge in [0.15, 0.2) is 0 Å². The number of hydrogen-bond acceptors (Lipinski definition) is 2. The highest BCUT2D eigenvalue weighted by atomic mass is 79.9. The summed E-state index contributed by atoms with van der Waals surface area (Å²) in [6.45, 7) is 4.08. The van der Waals surface area contributed by atoms with Crippen LogP contribution < -0.4 is 4.90 Å². The van der Waals surface area contributed by atoms with E-state index in [4.69, 9.17) is 0 Å². The molecular weight excluding hydrogens is 333 g/mol. The maximum absolute atomic E-state index is 13.7. The van der Waals surface area contributed by atoms with Crippen molar-refractivity contribution in [1.82, 2.24) is 0 Å². The number of aryl methyl sites for hydroxylation is 1. The Morgan fingerprint density at radius 3 is 2.43 bits per heavy atom. The number of aliphatic hydroxyl groups excluding tert-OH is 1. The summed E-state index contributed by atoms with van der Waals surface area (Å²) in [5.74, 6) is -0.285. The van der Waals surface area contributed by atoms with Gasteiger partial charge in [-0.3, -0.25) is 0 Å². The average molecular weight is 352 g/mol. The Morgan fingerprint density at radius 1 is 1.24 bits per heavy atom. The van der Waals surface area contributed by atoms with Crippen LogP contribution in [0.2, 0.25) is 0 Å². The van der Waals surface area contributed by atoms with E-state index in [1.807, 2.05) is 36.2 Å². The second kappa shape index (κ2) is 6.58. The van der Waals surface area contributed by atoms with E-state index >= 15 is 0 Å². The molecule has 0 saturated heterocycles. The van der Waals surface area contributed by atoms with Crippen LogP contribution in [0.4, 0.5) is 10.1 Å². The fourth-order valence-electron chi connectivity index (χ4n) is 2.30. The molecular formula is C17H19BrFNO. The monoisotopic (exact) mass is 351 g/mol. The van der Waals surface area contributed by atoms with Crippen LogP contribution in [0.15, 0.2) is 40.9 Å². The molecule has 21 heavy (non-hydrogen) atoms. The van der Waals surface area contributed by atoms with Crippen molar-refractivity contribution in [2.75, 3.05) is 11.9 Å². The standard InChI is InChI=1S/C17H19BrFNO/c1-11-8-17(15(12(2)21)9-16(11)19)20(3)10-13-4-6-14(18)7-5-13/h4-9,12,21H,10H2,1-3H3/t12-/m0/s1. The first-order valence-corrected chi connectivity index (χ1v) is 7.61. The van der Waals surface area contributed by atoms with Gasteiger partial charge in [0.05, 0.1) is 6.10 Å². The van der Waals surface area contributed by atoms with Gasteiger partial charge >= 0.3 is 0 Å². The first kappa shape index (κ1) is 16.0. The van der Waals surface area contributed by atoms with Gasteiger partial charge in [0.25, 0.3) is 0 Å². The van der Waals surface area contributed by atoms with E-state index in [-0.39, 0.29) is 5.82 Å². The van der Waals surface area contributed by atoms with Crippen molar-refractivity contribution < 1.29 is 9.50 Å². The van der Waals surface area contributed by atoms with Gasteiger partial charge < -0.3 is 10.0 Å². The van der Waals surface area contributed by atoms with Gasteiger partial charge in [0.1, 0.15) is 5.82 Å². The summed E-state index contributed by atoms with van der Waals surface area (Å²) >= 11 is 3.42. The molecule has 0 saturated carbocycles. The molecule has 2 rings (SSSR count). The largest absolute Gasteiger partial charge is 0.389 e. The third-order valence-corrected chi connectivity index (χ3v) is 4.03. The lowest BCUT2D eigenvalue weighted by molar-refractivity contribution is 0.199. The number of hydrogen-bond donors (Lipinski definition) is 1. The molecule has 0 heterocycles. The Morgan fingerprint density at radius 2 is 1.86 bits per heavy atom. The summed E-state index contributed by atoms with van der Waals surface area (Å²) in [5, 5.41) is 9.87. The molecule has 0 radical (unpaired) electrons. The minimum absolute atomic E-state index is 0.285. The summed E-state index contributed by atoms with van der Waals surface area (Å²) in [7, 11) is 1.95. The van der Waals surface area contributed by atoms with Crippen LogP contribution >= 0.6 is 15.9 Å². The zero-order valence-electron chi connectivity index (χ0n) is 12.4. The summed E-state index contributed by atoms with van der Waals surface area (Å²) in [4.78, 5) is 2.03. The van der Waals surface area contributed by atoms with Gasteiger partial charge in [-0.15, -0.1) is 0 Å². The Bertz CT molecular complexity index is 625. The van der Waals surface area contributed by atoms with Crippen molar-refractivity contribution in [3.05, 3.63) is 63.4 Å². The smallest absolute Gasteiger partial charge is 0.126 e. The summed E-state index contributed by atoms with van der Waals surface area (Å²) in [5.41, 5.74) is 3.20. The van der Waals surface area contributed by atoms with Crippen LogP contribution in [0.5, 0.6) is 0 Å². The maximum atomic E-state index is 13.7. The molecule has 0 aliphatic rings. The van der Waals surface area contributed by atoms with Crippen molar-refractivity contribution in [2.24, 2.45) is 0 Å². The van der Waals surface area contributed by atoms with Crippen molar-refractivity contribution in [2.45, 2.75) is 26.5 Å². The van der Waals surface area contributed by atoms with E-state index in [0.29, 0.717) is 17.7 Å². The highest BCUT2D eigenvalue weighted by Gasteiger charge is 2.15. The molecule has 2 aromatic carbocycles. The normalized spacial score (nSPS) is 12.3. The predicted octanol–water partition coefficient (Wildman–Crippen LogP) is 4.59. The second-order valence-corrected chi connectivity index (χ2v) is 6.23. The van der Waals surface area contributed by atoms with Gasteiger partial charge in [-0.25, -0.2) is 4.39 Å². The molecule has 0 aromatic heterocycles. The molecule has 2 aromatic rings. The van der Waals surface area contributed by atoms with Gasteiger partial charge in [0, 0.05) is 29.3 Å². The van der Waals surface area contributed by atoms with Gasteiger partial charge in [-0.1, -0.05) is 28.1 Å². The fraction of sp³-hybridized carbons (Fsp3) is 0.294. The van der Waals surface area contributed by atoms with Crippen molar-refractivity contribution in [1.29, 1.82) is 0 Å². The second-order valence-electron chi connectivity index (χ2n) is 5.32. The van der Waals surface area contributed by atoms with E-state index < -0.39 is 6.10 Å². The zero-order valence-corrected chi connectivity index (χ0v) is 14.0. The van der Waals surface area contributed by atoms with Crippen LogP contribution in [0, 0.1) is 12.7 Å². The number of nitrogens with zero attached hydrogens (tertiary/aromatic N) is 1. The summed E-state index contributed by atoms with van der Waals surface area (Å²) < 4.78 is 14.8. The molecule has 1 N–H and O–H groups in total. The van der Waals surface area contributed by atoms with Crippen molar-refractivity contribution in [3.63, 3.8) is 0 Å². The molecule has 4 heteroatoms. The molecule has 0 aliphatic heterocycles. The number of halogens is 2. The minimum atomic E-state index is -0.706. The van der Waals surface area contributed by atoms with Crippen LogP contribution in [0.25, 0.3) is 0 Å². The van der Waals surface area contributed by atoms with Gasteiger partial charge in [-0.05, 0) is 49.2 Å². The van der Waals surface area contributed by atoms with Crippen LogP contribution in [0.3, 0.4) is 0 Å². The Kier molecular flexibility index (Phi) is 5.01. The van der Waals surface area contributed by atoms with E-state index in [0.717, 1.165) is 15.7 Å². The number of aliphatic hydroxyl groups is 1. The Hall–Kier alpha value is -1.39. The molecule has 112 valence electrons. The van der Waals surface area contributed by atoms with Crippen LogP contribution in [-0.2, 0) is 6.54 Å². The molecule has 1 atom stereocenters. The minimum Gasteiger partial charge on any atom is -0.389 e. The molecule has 0 unspecified atom stereocenters. The maximum Gasteiger partial charge on any atom is 0.126 e. The number of benzene rings is 2. The molecule has 0 fully saturated rings. The lowest BCUT2D eigenvalue weighted by atomic mass is 10.0. The zero-order chi connectivity index (χ0) is 15.6. The molecule has 0 aliphatic carbocycles. The lowest BCUT2D eigenvalue weighted by Crippen LogP contribution is -2.19. The first-order chi connectivity index (χ1) is 9.88. The van der Waals surface area contributed by atoms with Gasteiger partial charge in [0.2, 0.25) is 0 Å². The molecule has 0 amide bonds.